The second-order valence-corrected chi connectivity index (χ2v) is 4.86. The second kappa shape index (κ2) is 5.80. The molecular weight excluding hydrogens is 285 g/mol. The first-order valence-corrected chi connectivity index (χ1v) is 6.69. The third-order valence-electron chi connectivity index (χ3n) is 3.06. The number of carbonyl (C=O) groups is 1. The molecule has 2 heterocycles. The van der Waals surface area contributed by atoms with Gasteiger partial charge in [-0.15, -0.1) is 0 Å². The van der Waals surface area contributed by atoms with E-state index >= 15 is 0 Å². The first-order chi connectivity index (χ1) is 10.6. The van der Waals surface area contributed by atoms with Crippen LogP contribution in [-0.4, -0.2) is 25.5 Å². The molecule has 0 unspecified atom stereocenters. The Morgan fingerprint density at radius 1 is 1.23 bits per heavy atom. The summed E-state index contributed by atoms with van der Waals surface area (Å²) in [7, 11) is 1.74. The Kier molecular flexibility index (Phi) is 3.69. The van der Waals surface area contributed by atoms with Crippen molar-refractivity contribution in [1.82, 2.24) is 19.6 Å². The lowest BCUT2D eigenvalue weighted by Gasteiger charge is -2.02. The molecular formula is C15H14FN5O. The summed E-state index contributed by atoms with van der Waals surface area (Å²) in [6, 6.07) is 9.62. The minimum atomic E-state index is -0.323. The van der Waals surface area contributed by atoms with Gasteiger partial charge in [-0.3, -0.25) is 14.2 Å². The molecule has 1 N–H and O–H groups in total. The molecule has 0 saturated heterocycles. The van der Waals surface area contributed by atoms with Crippen molar-refractivity contribution in [2.45, 2.75) is 6.54 Å². The molecule has 0 aliphatic heterocycles. The van der Waals surface area contributed by atoms with Gasteiger partial charge >= 0.3 is 0 Å². The van der Waals surface area contributed by atoms with Gasteiger partial charge in [-0.25, -0.2) is 4.39 Å². The minimum Gasteiger partial charge on any atom is -0.304 e. The van der Waals surface area contributed by atoms with E-state index in [4.69, 9.17) is 0 Å². The van der Waals surface area contributed by atoms with Crippen LogP contribution in [0.3, 0.4) is 0 Å². The average Bonchev–Trinajstić information content (AvgIpc) is 3.08. The van der Waals surface area contributed by atoms with Crippen molar-refractivity contribution in [3.8, 4) is 0 Å². The highest BCUT2D eigenvalue weighted by Gasteiger charge is 2.10. The lowest BCUT2D eigenvalue weighted by Crippen LogP contribution is -2.14. The molecule has 0 aliphatic rings. The Hall–Kier alpha value is -2.96. The maximum atomic E-state index is 13.1. The highest BCUT2D eigenvalue weighted by Crippen LogP contribution is 2.09. The summed E-state index contributed by atoms with van der Waals surface area (Å²) in [6.07, 6.45) is 3.41. The Labute approximate surface area is 126 Å². The normalized spacial score (nSPS) is 10.6. The number of rotatable bonds is 4. The third-order valence-corrected chi connectivity index (χ3v) is 3.06. The summed E-state index contributed by atoms with van der Waals surface area (Å²) < 4.78 is 16.3. The van der Waals surface area contributed by atoms with Crippen LogP contribution in [0.5, 0.6) is 0 Å². The van der Waals surface area contributed by atoms with Crippen molar-refractivity contribution in [2.24, 2.45) is 7.05 Å². The molecule has 0 saturated carbocycles. The zero-order chi connectivity index (χ0) is 15.5. The van der Waals surface area contributed by atoms with Crippen LogP contribution in [0, 0.1) is 5.82 Å². The van der Waals surface area contributed by atoms with Crippen LogP contribution in [0.4, 0.5) is 10.2 Å². The molecule has 0 atom stereocenters. The Morgan fingerprint density at radius 2 is 2.09 bits per heavy atom. The van der Waals surface area contributed by atoms with Gasteiger partial charge in [0.25, 0.3) is 5.91 Å². The van der Waals surface area contributed by atoms with Crippen molar-refractivity contribution in [3.63, 3.8) is 0 Å². The van der Waals surface area contributed by atoms with Gasteiger partial charge in [-0.1, -0.05) is 12.1 Å². The van der Waals surface area contributed by atoms with Crippen molar-refractivity contribution in [3.05, 3.63) is 65.9 Å². The van der Waals surface area contributed by atoms with E-state index in [0.29, 0.717) is 18.1 Å². The van der Waals surface area contributed by atoms with Gasteiger partial charge < -0.3 is 5.32 Å². The molecule has 0 spiro atoms. The number of hydrogen-bond donors (Lipinski definition) is 1. The summed E-state index contributed by atoms with van der Waals surface area (Å²) in [4.78, 5) is 12.0. The molecule has 3 aromatic rings. The van der Waals surface area contributed by atoms with Gasteiger partial charge in [-0.05, 0) is 23.8 Å². The fourth-order valence-electron chi connectivity index (χ4n) is 2.06. The van der Waals surface area contributed by atoms with E-state index in [1.165, 1.54) is 12.1 Å². The van der Waals surface area contributed by atoms with Crippen LogP contribution in [-0.2, 0) is 13.6 Å². The largest absolute Gasteiger partial charge is 0.304 e. The molecule has 0 fully saturated rings. The van der Waals surface area contributed by atoms with E-state index < -0.39 is 0 Å². The maximum absolute atomic E-state index is 13.1. The zero-order valence-corrected chi connectivity index (χ0v) is 11.9. The summed E-state index contributed by atoms with van der Waals surface area (Å²) in [5.74, 6) is -0.183. The first kappa shape index (κ1) is 14.0. The van der Waals surface area contributed by atoms with E-state index in [2.05, 4.69) is 15.5 Å². The molecule has 1 aromatic carbocycles. The van der Waals surface area contributed by atoms with Crippen LogP contribution in [0.1, 0.15) is 16.1 Å². The summed E-state index contributed by atoms with van der Waals surface area (Å²) in [5.41, 5.74) is 1.12. The van der Waals surface area contributed by atoms with Gasteiger partial charge in [0.2, 0.25) is 0 Å². The fourth-order valence-corrected chi connectivity index (χ4v) is 2.06. The molecule has 22 heavy (non-hydrogen) atoms. The van der Waals surface area contributed by atoms with E-state index in [-0.39, 0.29) is 11.7 Å². The molecule has 2 aromatic heterocycles. The van der Waals surface area contributed by atoms with Crippen molar-refractivity contribution < 1.29 is 9.18 Å². The second-order valence-electron chi connectivity index (χ2n) is 4.86. The number of benzene rings is 1. The molecule has 6 nitrogen and oxygen atoms in total. The quantitative estimate of drug-likeness (QED) is 0.802. The molecule has 0 bridgehead atoms. The Morgan fingerprint density at radius 3 is 2.82 bits per heavy atom. The number of aryl methyl sites for hydroxylation is 1. The molecule has 7 heteroatoms. The lowest BCUT2D eigenvalue weighted by molar-refractivity contribution is 0.102. The van der Waals surface area contributed by atoms with E-state index in [1.54, 1.807) is 47.0 Å². The summed E-state index contributed by atoms with van der Waals surface area (Å²) in [5, 5.41) is 10.9. The van der Waals surface area contributed by atoms with Crippen LogP contribution in [0.15, 0.2) is 48.8 Å². The number of amides is 1. The first-order valence-electron chi connectivity index (χ1n) is 6.69. The average molecular weight is 299 g/mol. The molecule has 112 valence electrons. The molecule has 1 amide bonds. The van der Waals surface area contributed by atoms with Crippen LogP contribution < -0.4 is 5.32 Å². The van der Waals surface area contributed by atoms with E-state index in [1.807, 2.05) is 6.07 Å². The van der Waals surface area contributed by atoms with Crippen LogP contribution >= 0.6 is 0 Å². The monoisotopic (exact) mass is 299 g/mol. The van der Waals surface area contributed by atoms with Crippen LogP contribution in [0.25, 0.3) is 0 Å². The number of halogens is 1. The topological polar surface area (TPSA) is 64.7 Å². The zero-order valence-electron chi connectivity index (χ0n) is 11.9. The highest BCUT2D eigenvalue weighted by atomic mass is 19.1. The van der Waals surface area contributed by atoms with Crippen LogP contribution in [0.2, 0.25) is 0 Å². The third kappa shape index (κ3) is 3.20. The minimum absolute atomic E-state index is 0.284. The van der Waals surface area contributed by atoms with Crippen molar-refractivity contribution >= 4 is 11.7 Å². The number of nitrogens with zero attached hydrogens (tertiary/aromatic N) is 4. The number of hydrogen-bond acceptors (Lipinski definition) is 3. The fraction of sp³-hybridized carbons (Fsp3) is 0.133. The smallest absolute Gasteiger partial charge is 0.277 e. The summed E-state index contributed by atoms with van der Waals surface area (Å²) >= 11 is 0. The predicted molar refractivity (Wildman–Crippen MR) is 78.9 cm³/mol. The SMILES string of the molecule is Cn1ccc(C(=O)Nc2ccn(Cc3cccc(F)c3)n2)n1. The van der Waals surface area contributed by atoms with Gasteiger partial charge in [0.1, 0.15) is 5.82 Å². The van der Waals surface area contributed by atoms with Gasteiger partial charge in [-0.2, -0.15) is 10.2 Å². The van der Waals surface area contributed by atoms with Gasteiger partial charge in [0, 0.05) is 25.5 Å². The molecule has 0 radical (unpaired) electrons. The van der Waals surface area contributed by atoms with Gasteiger partial charge in [0.15, 0.2) is 11.5 Å². The predicted octanol–water partition coefficient (Wildman–Crippen LogP) is 2.06. The number of aromatic nitrogens is 4. The lowest BCUT2D eigenvalue weighted by atomic mass is 10.2. The summed E-state index contributed by atoms with van der Waals surface area (Å²) in [6.45, 7) is 0.428. The maximum Gasteiger partial charge on any atom is 0.277 e. The van der Waals surface area contributed by atoms with E-state index in [9.17, 15) is 9.18 Å². The number of carbonyl (C=O) groups excluding carboxylic acids is 1. The standard InChI is InChI=1S/C15H14FN5O/c1-20-7-5-13(18-20)15(22)17-14-6-8-21(19-14)10-11-3-2-4-12(16)9-11/h2-9H,10H2,1H3,(H,17,19,22). The van der Waals surface area contributed by atoms with E-state index in [0.717, 1.165) is 5.56 Å². The molecule has 3 rings (SSSR count). The van der Waals surface area contributed by atoms with Crippen molar-refractivity contribution in [1.29, 1.82) is 0 Å². The highest BCUT2D eigenvalue weighted by molar-refractivity contribution is 6.02. The Bertz CT molecular complexity index is 808. The molecule has 0 aliphatic carbocycles. The number of anilines is 1. The van der Waals surface area contributed by atoms with Gasteiger partial charge in [0.05, 0.1) is 6.54 Å². The van der Waals surface area contributed by atoms with Crippen molar-refractivity contribution in [2.75, 3.05) is 5.32 Å². The number of nitrogens with one attached hydrogen (secondary N) is 1. The Balaban J connectivity index is 1.67.